The number of rotatable bonds is 6. The number of hydrogen-bond donors (Lipinski definition) is 2. The predicted molar refractivity (Wildman–Crippen MR) is 75.5 cm³/mol. The number of aryl methyl sites for hydroxylation is 1. The van der Waals surface area contributed by atoms with E-state index in [1.54, 1.807) is 12.4 Å². The third-order valence-electron chi connectivity index (χ3n) is 3.39. The highest BCUT2D eigenvalue weighted by Crippen LogP contribution is 2.18. The lowest BCUT2D eigenvalue weighted by atomic mass is 10.2. The van der Waals surface area contributed by atoms with Gasteiger partial charge in [-0.3, -0.25) is 0 Å². The van der Waals surface area contributed by atoms with Gasteiger partial charge in [-0.25, -0.2) is 26.5 Å². The van der Waals surface area contributed by atoms with Gasteiger partial charge in [-0.1, -0.05) is 0 Å². The van der Waals surface area contributed by atoms with Crippen LogP contribution in [-0.2, 0) is 26.3 Å². The molecule has 114 valence electrons. The smallest absolute Gasteiger partial charge is 0.214 e. The summed E-state index contributed by atoms with van der Waals surface area (Å²) in [5.41, 5.74) is 0. The van der Waals surface area contributed by atoms with E-state index in [1.807, 2.05) is 0 Å². The highest BCUT2D eigenvalue weighted by atomic mass is 32.2. The van der Waals surface area contributed by atoms with Crippen LogP contribution >= 0.6 is 0 Å². The first-order valence-electron chi connectivity index (χ1n) is 6.56. The van der Waals surface area contributed by atoms with Crippen LogP contribution in [0, 0.1) is 0 Å². The Labute approximate surface area is 119 Å². The van der Waals surface area contributed by atoms with Crippen molar-refractivity contribution in [3.8, 4) is 0 Å². The quantitative estimate of drug-likeness (QED) is 0.708. The van der Waals surface area contributed by atoms with Crippen LogP contribution in [0.5, 0.6) is 0 Å². The molecule has 0 spiro atoms. The van der Waals surface area contributed by atoms with Crippen molar-refractivity contribution in [3.05, 3.63) is 18.2 Å². The minimum Gasteiger partial charge on any atom is -0.349 e. The van der Waals surface area contributed by atoms with Crippen LogP contribution in [0.15, 0.2) is 12.4 Å². The second-order valence-corrected chi connectivity index (χ2v) is 9.28. The maximum Gasteiger partial charge on any atom is 0.214 e. The normalized spacial score (nSPS) is 20.0. The molecule has 0 radical (unpaired) electrons. The van der Waals surface area contributed by atoms with Crippen molar-refractivity contribution < 1.29 is 16.8 Å². The third kappa shape index (κ3) is 4.29. The second-order valence-electron chi connectivity index (χ2n) is 4.93. The number of H-pyrrole nitrogens is 1. The summed E-state index contributed by atoms with van der Waals surface area (Å²) in [7, 11) is -6.45. The zero-order valence-electron chi connectivity index (χ0n) is 11.1. The minimum absolute atomic E-state index is 0.0367. The van der Waals surface area contributed by atoms with Gasteiger partial charge in [0.25, 0.3) is 0 Å². The number of imidazole rings is 1. The van der Waals surface area contributed by atoms with Gasteiger partial charge in [0.1, 0.15) is 15.7 Å². The number of sulfonamides is 1. The molecule has 1 saturated heterocycles. The van der Waals surface area contributed by atoms with Crippen LogP contribution in [0.3, 0.4) is 0 Å². The summed E-state index contributed by atoms with van der Waals surface area (Å²) < 4.78 is 49.2. The minimum atomic E-state index is -3.42. The summed E-state index contributed by atoms with van der Waals surface area (Å²) in [6.07, 6.45) is 5.09. The van der Waals surface area contributed by atoms with E-state index in [0.717, 1.165) is 5.82 Å². The highest BCUT2D eigenvalue weighted by molar-refractivity contribution is 7.92. The van der Waals surface area contributed by atoms with Gasteiger partial charge in [-0.05, 0) is 19.3 Å². The van der Waals surface area contributed by atoms with E-state index in [1.165, 1.54) is 0 Å². The molecule has 0 saturated carbocycles. The van der Waals surface area contributed by atoms with Crippen LogP contribution in [0.25, 0.3) is 0 Å². The van der Waals surface area contributed by atoms with Gasteiger partial charge in [0.2, 0.25) is 10.0 Å². The molecular weight excluding hydrogens is 302 g/mol. The van der Waals surface area contributed by atoms with Crippen molar-refractivity contribution >= 4 is 19.9 Å². The summed E-state index contributed by atoms with van der Waals surface area (Å²) in [6.45, 7) is 0.340. The molecule has 1 fully saturated rings. The summed E-state index contributed by atoms with van der Waals surface area (Å²) in [5.74, 6) is 0.753. The zero-order chi connectivity index (χ0) is 14.6. The van der Waals surface area contributed by atoms with Gasteiger partial charge >= 0.3 is 0 Å². The lowest BCUT2D eigenvalue weighted by molar-refractivity contribution is 0.541. The molecule has 7 nitrogen and oxygen atoms in total. The van der Waals surface area contributed by atoms with Crippen LogP contribution in [0.1, 0.15) is 25.1 Å². The molecule has 1 aromatic rings. The van der Waals surface area contributed by atoms with Gasteiger partial charge in [0, 0.05) is 25.4 Å². The van der Waals surface area contributed by atoms with Gasteiger partial charge < -0.3 is 4.98 Å². The first-order valence-corrected chi connectivity index (χ1v) is 9.93. The topological polar surface area (TPSA) is 109 Å². The fourth-order valence-electron chi connectivity index (χ4n) is 2.20. The average Bonchev–Trinajstić information content (AvgIpc) is 2.87. The second kappa shape index (κ2) is 6.23. The molecule has 20 heavy (non-hydrogen) atoms. The number of nitrogens with zero attached hydrogens (tertiary/aromatic N) is 1. The SMILES string of the molecule is O=S1(=O)CCC(S(=O)(=O)NCCCc2ncc[nH]2)CC1. The Balaban J connectivity index is 1.76. The molecular formula is C11H19N3O4S2. The van der Waals surface area contributed by atoms with Crippen LogP contribution in [-0.4, -0.2) is 50.1 Å². The Morgan fingerprint density at radius 2 is 2.05 bits per heavy atom. The van der Waals surface area contributed by atoms with E-state index in [4.69, 9.17) is 0 Å². The van der Waals surface area contributed by atoms with E-state index in [9.17, 15) is 16.8 Å². The Morgan fingerprint density at radius 3 is 2.65 bits per heavy atom. The van der Waals surface area contributed by atoms with Crippen molar-refractivity contribution in [3.63, 3.8) is 0 Å². The maximum absolute atomic E-state index is 12.0. The zero-order valence-corrected chi connectivity index (χ0v) is 12.7. The van der Waals surface area contributed by atoms with Gasteiger partial charge in [-0.2, -0.15) is 0 Å². The van der Waals surface area contributed by atoms with E-state index in [2.05, 4.69) is 14.7 Å². The molecule has 0 amide bonds. The van der Waals surface area contributed by atoms with Crippen LogP contribution in [0.4, 0.5) is 0 Å². The average molecular weight is 321 g/mol. The Bertz CT molecular complexity index is 609. The fourth-order valence-corrected chi connectivity index (χ4v) is 5.51. The molecule has 0 atom stereocenters. The summed E-state index contributed by atoms with van der Waals surface area (Å²) >= 11 is 0. The number of nitrogens with one attached hydrogen (secondary N) is 2. The molecule has 1 aromatic heterocycles. The summed E-state index contributed by atoms with van der Waals surface area (Å²) in [5, 5.41) is -0.588. The molecule has 1 aliphatic heterocycles. The molecule has 0 aromatic carbocycles. The lowest BCUT2D eigenvalue weighted by Gasteiger charge is -2.22. The van der Waals surface area contributed by atoms with Gasteiger partial charge in [0.05, 0.1) is 16.8 Å². The van der Waals surface area contributed by atoms with Crippen molar-refractivity contribution in [2.45, 2.75) is 30.9 Å². The van der Waals surface area contributed by atoms with Crippen LogP contribution < -0.4 is 4.72 Å². The molecule has 1 aliphatic rings. The van der Waals surface area contributed by atoms with E-state index in [0.29, 0.717) is 19.4 Å². The summed E-state index contributed by atoms with van der Waals surface area (Å²) in [4.78, 5) is 7.01. The molecule has 2 N–H and O–H groups in total. The van der Waals surface area contributed by atoms with E-state index < -0.39 is 25.1 Å². The predicted octanol–water partition coefficient (Wildman–Crippen LogP) is -0.161. The Morgan fingerprint density at radius 1 is 1.35 bits per heavy atom. The monoisotopic (exact) mass is 321 g/mol. The van der Waals surface area contributed by atoms with Crippen molar-refractivity contribution in [1.82, 2.24) is 14.7 Å². The van der Waals surface area contributed by atoms with Crippen LogP contribution in [0.2, 0.25) is 0 Å². The lowest BCUT2D eigenvalue weighted by Crippen LogP contribution is -2.40. The van der Waals surface area contributed by atoms with Crippen molar-refractivity contribution in [2.24, 2.45) is 0 Å². The maximum atomic E-state index is 12.0. The van der Waals surface area contributed by atoms with Gasteiger partial charge in [-0.15, -0.1) is 0 Å². The Hall–Kier alpha value is -0.930. The molecule has 2 rings (SSSR count). The first kappa shape index (κ1) is 15.5. The number of aromatic amines is 1. The summed E-state index contributed by atoms with van der Waals surface area (Å²) in [6, 6.07) is 0. The number of aromatic nitrogens is 2. The highest BCUT2D eigenvalue weighted by Gasteiger charge is 2.32. The standard InChI is InChI=1S/C11H19N3O4S2/c15-19(16)8-3-10(4-9-19)20(17,18)14-5-1-2-11-12-6-7-13-11/h6-7,10,14H,1-5,8-9H2,(H,12,13). The van der Waals surface area contributed by atoms with Gasteiger partial charge in [0.15, 0.2) is 0 Å². The molecule has 9 heteroatoms. The first-order chi connectivity index (χ1) is 9.39. The largest absolute Gasteiger partial charge is 0.349 e. The van der Waals surface area contributed by atoms with Crippen molar-refractivity contribution in [1.29, 1.82) is 0 Å². The molecule has 2 heterocycles. The van der Waals surface area contributed by atoms with E-state index in [-0.39, 0.29) is 24.3 Å². The van der Waals surface area contributed by atoms with Crippen molar-refractivity contribution in [2.75, 3.05) is 18.1 Å². The Kier molecular flexibility index (Phi) is 4.82. The number of hydrogen-bond acceptors (Lipinski definition) is 5. The molecule has 0 unspecified atom stereocenters. The molecule has 0 bridgehead atoms. The number of sulfone groups is 1. The molecule has 0 aliphatic carbocycles. The fraction of sp³-hybridized carbons (Fsp3) is 0.727. The third-order valence-corrected chi connectivity index (χ3v) is 7.06. The van der Waals surface area contributed by atoms with E-state index >= 15 is 0 Å².